The average Bonchev–Trinajstić information content (AvgIpc) is 3.43. The fraction of sp³-hybridized carbons (Fsp3) is 0.160. The molecule has 0 saturated carbocycles. The number of methoxy groups -OCH3 is 1. The van der Waals surface area contributed by atoms with Crippen molar-refractivity contribution in [2.45, 2.75) is 19.9 Å². The molecule has 0 aliphatic heterocycles. The highest BCUT2D eigenvalue weighted by atomic mass is 16.5. The van der Waals surface area contributed by atoms with Gasteiger partial charge in [0.2, 0.25) is 0 Å². The number of carbonyl (C=O) groups is 1. The summed E-state index contributed by atoms with van der Waals surface area (Å²) in [6.07, 6.45) is 1.66. The topological polar surface area (TPSA) is 106 Å². The molecular formula is C25H24N4O3. The van der Waals surface area contributed by atoms with E-state index in [1.807, 2.05) is 62.4 Å². The van der Waals surface area contributed by atoms with E-state index in [9.17, 15) is 4.79 Å². The minimum atomic E-state index is -0.439. The van der Waals surface area contributed by atoms with Crippen molar-refractivity contribution in [1.82, 2.24) is 9.97 Å². The summed E-state index contributed by atoms with van der Waals surface area (Å²) < 4.78 is 10.9. The van der Waals surface area contributed by atoms with Gasteiger partial charge in [0.1, 0.15) is 11.6 Å². The van der Waals surface area contributed by atoms with Crippen LogP contribution < -0.4 is 5.73 Å². The standard InChI is InChI=1S/C25H24N4O3/c1-15(2)27-23(26)17-9-11-20-21(13-17)29-24(28-20)22-12-10-18(32-22)14-19(25(30)31-3)16-7-5-4-6-8-16/h4-15H,1-3H3,(H2,26,27)(H,28,29)/b19-14+. The molecule has 0 radical (unpaired) electrons. The zero-order valence-corrected chi connectivity index (χ0v) is 18.1. The number of hydrogen-bond donors (Lipinski definition) is 2. The van der Waals surface area contributed by atoms with Gasteiger partial charge in [-0.15, -0.1) is 0 Å². The summed E-state index contributed by atoms with van der Waals surface area (Å²) in [7, 11) is 1.36. The van der Waals surface area contributed by atoms with Crippen LogP contribution in [0.3, 0.4) is 0 Å². The Bertz CT molecular complexity index is 1310. The molecule has 0 fully saturated rings. The molecule has 0 unspecified atom stereocenters. The monoisotopic (exact) mass is 428 g/mol. The number of nitrogens with zero attached hydrogens (tertiary/aromatic N) is 2. The number of nitrogens with two attached hydrogens (primary N) is 1. The molecule has 2 aromatic heterocycles. The third-order valence-corrected chi connectivity index (χ3v) is 4.81. The van der Waals surface area contributed by atoms with E-state index in [0.717, 1.165) is 22.2 Å². The number of fused-ring (bicyclic) bond motifs is 1. The number of amidine groups is 1. The minimum Gasteiger partial charge on any atom is -0.465 e. The van der Waals surface area contributed by atoms with Crippen LogP contribution in [0.2, 0.25) is 0 Å². The number of rotatable bonds is 6. The van der Waals surface area contributed by atoms with E-state index in [1.165, 1.54) is 7.11 Å². The summed E-state index contributed by atoms with van der Waals surface area (Å²) in [5.74, 6) is 1.69. The fourth-order valence-corrected chi connectivity index (χ4v) is 3.33. The van der Waals surface area contributed by atoms with E-state index < -0.39 is 5.97 Å². The Morgan fingerprint density at radius 1 is 1.12 bits per heavy atom. The number of aromatic amines is 1. The van der Waals surface area contributed by atoms with Gasteiger partial charge in [-0.25, -0.2) is 9.78 Å². The molecular weight excluding hydrogens is 404 g/mol. The van der Waals surface area contributed by atoms with Crippen molar-refractivity contribution in [2.75, 3.05) is 7.11 Å². The molecule has 7 nitrogen and oxygen atoms in total. The largest absolute Gasteiger partial charge is 0.465 e. The smallest absolute Gasteiger partial charge is 0.338 e. The molecule has 162 valence electrons. The quantitative estimate of drug-likeness (QED) is 0.201. The molecule has 0 bridgehead atoms. The van der Waals surface area contributed by atoms with E-state index in [4.69, 9.17) is 14.9 Å². The number of nitrogens with one attached hydrogen (secondary N) is 1. The molecule has 7 heteroatoms. The zero-order chi connectivity index (χ0) is 22.7. The van der Waals surface area contributed by atoms with E-state index in [2.05, 4.69) is 15.0 Å². The van der Waals surface area contributed by atoms with E-state index in [-0.39, 0.29) is 6.04 Å². The van der Waals surface area contributed by atoms with Gasteiger partial charge < -0.3 is 19.9 Å². The first-order valence-corrected chi connectivity index (χ1v) is 10.2. The van der Waals surface area contributed by atoms with Crippen LogP contribution in [0.5, 0.6) is 0 Å². The van der Waals surface area contributed by atoms with Crippen LogP contribution in [-0.4, -0.2) is 34.9 Å². The van der Waals surface area contributed by atoms with Crippen LogP contribution in [0.4, 0.5) is 0 Å². The fourth-order valence-electron chi connectivity index (χ4n) is 3.33. The van der Waals surface area contributed by atoms with E-state index >= 15 is 0 Å². The van der Waals surface area contributed by atoms with Crippen LogP contribution in [0.25, 0.3) is 34.3 Å². The third kappa shape index (κ3) is 4.46. The van der Waals surface area contributed by atoms with Crippen molar-refractivity contribution in [3.63, 3.8) is 0 Å². The Labute approximate surface area is 185 Å². The first-order chi connectivity index (χ1) is 15.4. The number of carbonyl (C=O) groups excluding carboxylic acids is 1. The number of H-pyrrole nitrogens is 1. The first-order valence-electron chi connectivity index (χ1n) is 10.2. The van der Waals surface area contributed by atoms with E-state index in [0.29, 0.717) is 28.8 Å². The number of hydrogen-bond acceptors (Lipinski definition) is 5. The van der Waals surface area contributed by atoms with Crippen LogP contribution >= 0.6 is 0 Å². The van der Waals surface area contributed by atoms with Crippen LogP contribution in [0.1, 0.15) is 30.7 Å². The van der Waals surface area contributed by atoms with Gasteiger partial charge in [0.15, 0.2) is 11.6 Å². The predicted molar refractivity (Wildman–Crippen MR) is 126 cm³/mol. The number of aromatic nitrogens is 2. The lowest BCUT2D eigenvalue weighted by molar-refractivity contribution is -0.133. The molecule has 0 aliphatic carbocycles. The Hall–Kier alpha value is -4.13. The molecule has 2 aromatic carbocycles. The van der Waals surface area contributed by atoms with Gasteiger partial charge in [-0.3, -0.25) is 4.99 Å². The van der Waals surface area contributed by atoms with Gasteiger partial charge in [0.05, 0.1) is 23.7 Å². The number of aliphatic imine (C=N–C) groups is 1. The molecule has 4 aromatic rings. The molecule has 3 N–H and O–H groups in total. The Kier molecular flexibility index (Phi) is 5.89. The number of furan rings is 1. The highest BCUT2D eigenvalue weighted by Crippen LogP contribution is 2.26. The van der Waals surface area contributed by atoms with Crippen molar-refractivity contribution < 1.29 is 13.9 Å². The second-order valence-corrected chi connectivity index (χ2v) is 7.54. The molecule has 0 saturated heterocycles. The highest BCUT2D eigenvalue weighted by Gasteiger charge is 2.15. The van der Waals surface area contributed by atoms with Crippen LogP contribution in [-0.2, 0) is 9.53 Å². The lowest BCUT2D eigenvalue weighted by Crippen LogP contribution is -2.15. The molecule has 0 spiro atoms. The number of ether oxygens (including phenoxy) is 1. The highest BCUT2D eigenvalue weighted by molar-refractivity contribution is 6.21. The summed E-state index contributed by atoms with van der Waals surface area (Å²) in [4.78, 5) is 24.6. The van der Waals surface area contributed by atoms with Gasteiger partial charge in [0.25, 0.3) is 0 Å². The zero-order valence-electron chi connectivity index (χ0n) is 18.1. The van der Waals surface area contributed by atoms with Crippen molar-refractivity contribution >= 4 is 34.5 Å². The van der Waals surface area contributed by atoms with Gasteiger partial charge in [-0.05, 0) is 55.8 Å². The number of benzene rings is 2. The summed E-state index contributed by atoms with van der Waals surface area (Å²) in [5, 5.41) is 0. The average molecular weight is 428 g/mol. The van der Waals surface area contributed by atoms with Crippen molar-refractivity contribution in [3.05, 3.63) is 77.6 Å². The maximum Gasteiger partial charge on any atom is 0.338 e. The number of imidazole rings is 1. The normalized spacial score (nSPS) is 12.5. The van der Waals surface area contributed by atoms with Crippen LogP contribution in [0, 0.1) is 0 Å². The molecule has 2 heterocycles. The lowest BCUT2D eigenvalue weighted by Gasteiger charge is -2.04. The SMILES string of the molecule is COC(=O)/C(=C/c1ccc(-c2nc3ccc(C(N)=NC(C)C)cc3[nH]2)o1)c1ccccc1. The summed E-state index contributed by atoms with van der Waals surface area (Å²) in [5.41, 5.74) is 9.68. The second-order valence-electron chi connectivity index (χ2n) is 7.54. The van der Waals surface area contributed by atoms with Gasteiger partial charge >= 0.3 is 5.97 Å². The second kappa shape index (κ2) is 8.93. The molecule has 32 heavy (non-hydrogen) atoms. The molecule has 4 rings (SSSR count). The minimum absolute atomic E-state index is 0.114. The summed E-state index contributed by atoms with van der Waals surface area (Å²) in [6, 6.07) is 18.7. The molecule has 0 aliphatic rings. The Morgan fingerprint density at radius 3 is 2.62 bits per heavy atom. The van der Waals surface area contributed by atoms with Crippen LogP contribution in [0.15, 0.2) is 70.1 Å². The van der Waals surface area contributed by atoms with Crippen molar-refractivity contribution in [3.8, 4) is 11.6 Å². The third-order valence-electron chi connectivity index (χ3n) is 4.81. The maximum absolute atomic E-state index is 12.3. The maximum atomic E-state index is 12.3. The number of esters is 1. The predicted octanol–water partition coefficient (Wildman–Crippen LogP) is 4.65. The van der Waals surface area contributed by atoms with E-state index in [1.54, 1.807) is 18.2 Å². The molecule has 0 amide bonds. The summed E-state index contributed by atoms with van der Waals surface area (Å²) in [6.45, 7) is 3.96. The Morgan fingerprint density at radius 2 is 1.91 bits per heavy atom. The van der Waals surface area contributed by atoms with Gasteiger partial charge in [0, 0.05) is 11.6 Å². The van der Waals surface area contributed by atoms with Crippen molar-refractivity contribution in [1.29, 1.82) is 0 Å². The van der Waals surface area contributed by atoms with Crippen molar-refractivity contribution in [2.24, 2.45) is 10.7 Å². The van der Waals surface area contributed by atoms with Gasteiger partial charge in [-0.1, -0.05) is 30.3 Å². The first kappa shape index (κ1) is 21.1. The Balaban J connectivity index is 1.67. The summed E-state index contributed by atoms with van der Waals surface area (Å²) >= 11 is 0. The van der Waals surface area contributed by atoms with Gasteiger partial charge in [-0.2, -0.15) is 0 Å². The lowest BCUT2D eigenvalue weighted by atomic mass is 10.1. The molecule has 0 atom stereocenters.